The molecule has 19 heavy (non-hydrogen) atoms. The Morgan fingerprint density at radius 3 is 2.74 bits per heavy atom. The van der Waals surface area contributed by atoms with Crippen LogP contribution in [0.15, 0.2) is 30.3 Å². The van der Waals surface area contributed by atoms with Crippen LogP contribution in [0.1, 0.15) is 51.1 Å². The fourth-order valence-electron chi connectivity index (χ4n) is 2.99. The number of hydrogen-bond donors (Lipinski definition) is 1. The van der Waals surface area contributed by atoms with Crippen LogP contribution in [-0.4, -0.2) is 22.9 Å². The highest BCUT2D eigenvalue weighted by atomic mass is 16.2. The number of likely N-dealkylation sites (tertiary alicyclic amines) is 1. The van der Waals surface area contributed by atoms with Gasteiger partial charge in [-0.15, -0.1) is 0 Å². The second-order valence-corrected chi connectivity index (χ2v) is 5.73. The molecule has 1 saturated heterocycles. The van der Waals surface area contributed by atoms with Crippen molar-refractivity contribution in [1.82, 2.24) is 4.90 Å². The second kappa shape index (κ2) is 5.74. The van der Waals surface area contributed by atoms with Crippen LogP contribution in [0.4, 0.5) is 0 Å². The maximum Gasteiger partial charge on any atom is 0.242 e. The number of hydrogen-bond acceptors (Lipinski definition) is 2. The SMILES string of the molecule is CCCC(C)(N)C(=O)N1CCCC1c1ccccc1. The van der Waals surface area contributed by atoms with Crippen LogP contribution in [0.5, 0.6) is 0 Å². The van der Waals surface area contributed by atoms with Crippen LogP contribution >= 0.6 is 0 Å². The van der Waals surface area contributed by atoms with Crippen LogP contribution in [0.3, 0.4) is 0 Å². The van der Waals surface area contributed by atoms with E-state index in [1.807, 2.05) is 30.0 Å². The van der Waals surface area contributed by atoms with E-state index in [1.54, 1.807) is 0 Å². The molecule has 0 aliphatic carbocycles. The molecule has 0 bridgehead atoms. The predicted octanol–water partition coefficient (Wildman–Crippen LogP) is 2.87. The molecule has 2 N–H and O–H groups in total. The van der Waals surface area contributed by atoms with E-state index >= 15 is 0 Å². The molecule has 1 fully saturated rings. The molecule has 1 aromatic carbocycles. The van der Waals surface area contributed by atoms with Crippen molar-refractivity contribution < 1.29 is 4.79 Å². The van der Waals surface area contributed by atoms with E-state index in [2.05, 4.69) is 19.1 Å². The predicted molar refractivity (Wildman–Crippen MR) is 77.6 cm³/mol. The molecule has 1 amide bonds. The Hall–Kier alpha value is -1.35. The molecule has 1 heterocycles. The van der Waals surface area contributed by atoms with Crippen molar-refractivity contribution in [2.75, 3.05) is 6.54 Å². The first-order valence-electron chi connectivity index (χ1n) is 7.21. The van der Waals surface area contributed by atoms with E-state index < -0.39 is 5.54 Å². The van der Waals surface area contributed by atoms with E-state index in [4.69, 9.17) is 5.73 Å². The van der Waals surface area contributed by atoms with Gasteiger partial charge in [-0.25, -0.2) is 0 Å². The number of amides is 1. The van der Waals surface area contributed by atoms with Gasteiger partial charge in [0.1, 0.15) is 0 Å². The van der Waals surface area contributed by atoms with Crippen LogP contribution in [0.25, 0.3) is 0 Å². The molecule has 3 nitrogen and oxygen atoms in total. The Kier molecular flexibility index (Phi) is 4.25. The summed E-state index contributed by atoms with van der Waals surface area (Å²) in [5, 5.41) is 0. The number of carbonyl (C=O) groups excluding carboxylic acids is 1. The molecule has 2 atom stereocenters. The van der Waals surface area contributed by atoms with Gasteiger partial charge in [0.05, 0.1) is 11.6 Å². The quantitative estimate of drug-likeness (QED) is 0.904. The van der Waals surface area contributed by atoms with Crippen LogP contribution in [-0.2, 0) is 4.79 Å². The molecule has 2 unspecified atom stereocenters. The molecule has 1 aliphatic rings. The molecule has 2 rings (SSSR count). The number of rotatable bonds is 4. The maximum atomic E-state index is 12.6. The summed E-state index contributed by atoms with van der Waals surface area (Å²) >= 11 is 0. The fourth-order valence-corrected chi connectivity index (χ4v) is 2.99. The molecule has 1 aromatic rings. The zero-order chi connectivity index (χ0) is 13.9. The first kappa shape index (κ1) is 14.1. The van der Waals surface area contributed by atoms with Gasteiger partial charge in [-0.2, -0.15) is 0 Å². The summed E-state index contributed by atoms with van der Waals surface area (Å²) in [6, 6.07) is 10.5. The zero-order valence-corrected chi connectivity index (χ0v) is 11.9. The lowest BCUT2D eigenvalue weighted by Gasteiger charge is -2.33. The third kappa shape index (κ3) is 2.98. The molecule has 0 spiro atoms. The van der Waals surface area contributed by atoms with Crippen molar-refractivity contribution in [3.05, 3.63) is 35.9 Å². The molecular weight excluding hydrogens is 236 g/mol. The van der Waals surface area contributed by atoms with Gasteiger partial charge in [0.2, 0.25) is 5.91 Å². The van der Waals surface area contributed by atoms with Gasteiger partial charge in [-0.3, -0.25) is 4.79 Å². The smallest absolute Gasteiger partial charge is 0.242 e. The van der Waals surface area contributed by atoms with Gasteiger partial charge in [-0.05, 0) is 31.7 Å². The molecule has 3 heteroatoms. The monoisotopic (exact) mass is 260 g/mol. The van der Waals surface area contributed by atoms with E-state index in [-0.39, 0.29) is 11.9 Å². The molecular formula is C16H24N2O. The molecule has 0 saturated carbocycles. The molecule has 104 valence electrons. The summed E-state index contributed by atoms with van der Waals surface area (Å²) < 4.78 is 0. The van der Waals surface area contributed by atoms with Crippen LogP contribution in [0.2, 0.25) is 0 Å². The lowest BCUT2D eigenvalue weighted by atomic mass is 9.94. The van der Waals surface area contributed by atoms with Gasteiger partial charge in [0, 0.05) is 6.54 Å². The third-order valence-corrected chi connectivity index (χ3v) is 3.96. The normalized spacial score (nSPS) is 22.3. The lowest BCUT2D eigenvalue weighted by molar-refractivity contribution is -0.137. The fraction of sp³-hybridized carbons (Fsp3) is 0.562. The highest BCUT2D eigenvalue weighted by molar-refractivity contribution is 5.86. The summed E-state index contributed by atoms with van der Waals surface area (Å²) in [6.45, 7) is 4.76. The Bertz CT molecular complexity index is 428. The van der Waals surface area contributed by atoms with E-state index in [0.717, 1.165) is 32.2 Å². The summed E-state index contributed by atoms with van der Waals surface area (Å²) in [4.78, 5) is 14.6. The van der Waals surface area contributed by atoms with E-state index in [0.29, 0.717) is 0 Å². The summed E-state index contributed by atoms with van der Waals surface area (Å²) in [6.07, 6.45) is 3.78. The largest absolute Gasteiger partial charge is 0.334 e. The molecule has 1 aliphatic heterocycles. The van der Waals surface area contributed by atoms with Gasteiger partial charge >= 0.3 is 0 Å². The van der Waals surface area contributed by atoms with Gasteiger partial charge in [0.25, 0.3) is 0 Å². The van der Waals surface area contributed by atoms with Gasteiger partial charge in [0.15, 0.2) is 0 Å². The van der Waals surface area contributed by atoms with Crippen LogP contribution in [0, 0.1) is 0 Å². The average molecular weight is 260 g/mol. The number of benzene rings is 1. The maximum absolute atomic E-state index is 12.6. The van der Waals surface area contributed by atoms with E-state index in [1.165, 1.54) is 5.56 Å². The van der Waals surface area contributed by atoms with Crippen molar-refractivity contribution in [3.63, 3.8) is 0 Å². The summed E-state index contributed by atoms with van der Waals surface area (Å²) in [5.41, 5.74) is 6.69. The number of carbonyl (C=O) groups is 1. The minimum absolute atomic E-state index is 0.0979. The minimum atomic E-state index is -0.730. The Morgan fingerprint density at radius 2 is 2.11 bits per heavy atom. The zero-order valence-electron chi connectivity index (χ0n) is 11.9. The molecule has 0 aromatic heterocycles. The van der Waals surface area contributed by atoms with E-state index in [9.17, 15) is 4.79 Å². The van der Waals surface area contributed by atoms with Gasteiger partial charge in [-0.1, -0.05) is 43.7 Å². The second-order valence-electron chi connectivity index (χ2n) is 5.73. The number of nitrogens with zero attached hydrogens (tertiary/aromatic N) is 1. The van der Waals surface area contributed by atoms with Gasteiger partial charge < -0.3 is 10.6 Å². The van der Waals surface area contributed by atoms with Crippen LogP contribution < -0.4 is 5.73 Å². The van der Waals surface area contributed by atoms with Crippen molar-refractivity contribution in [2.45, 2.75) is 51.1 Å². The Morgan fingerprint density at radius 1 is 1.42 bits per heavy atom. The summed E-state index contributed by atoms with van der Waals surface area (Å²) in [5.74, 6) is 0.0979. The molecule has 0 radical (unpaired) electrons. The average Bonchev–Trinajstić information content (AvgIpc) is 2.87. The Balaban J connectivity index is 2.17. The topological polar surface area (TPSA) is 46.3 Å². The van der Waals surface area contributed by atoms with Crippen molar-refractivity contribution in [2.24, 2.45) is 5.73 Å². The van der Waals surface area contributed by atoms with Crippen molar-refractivity contribution >= 4 is 5.91 Å². The highest BCUT2D eigenvalue weighted by Gasteiger charge is 2.38. The summed E-state index contributed by atoms with van der Waals surface area (Å²) in [7, 11) is 0. The van der Waals surface area contributed by atoms with Crippen molar-refractivity contribution in [1.29, 1.82) is 0 Å². The minimum Gasteiger partial charge on any atom is -0.334 e. The number of nitrogens with two attached hydrogens (primary N) is 1. The van der Waals surface area contributed by atoms with Crippen molar-refractivity contribution in [3.8, 4) is 0 Å². The Labute approximate surface area is 115 Å². The third-order valence-electron chi connectivity index (χ3n) is 3.96. The highest BCUT2D eigenvalue weighted by Crippen LogP contribution is 2.33. The lowest BCUT2D eigenvalue weighted by Crippen LogP contribution is -2.52. The standard InChI is InChI=1S/C16H24N2O/c1-3-11-16(2,17)15(19)18-12-7-10-14(18)13-8-5-4-6-9-13/h4-6,8-9,14H,3,7,10-12,17H2,1-2H3. The first-order chi connectivity index (χ1) is 9.06. The first-order valence-corrected chi connectivity index (χ1v) is 7.21.